The molecule has 2 heterocycles. The molecular weight excluding hydrogens is 392 g/mol. The summed E-state index contributed by atoms with van der Waals surface area (Å²) in [5.74, 6) is 0.822. The van der Waals surface area contributed by atoms with Crippen molar-refractivity contribution in [3.8, 4) is 0 Å². The van der Waals surface area contributed by atoms with Crippen LogP contribution in [-0.2, 0) is 27.3 Å². The summed E-state index contributed by atoms with van der Waals surface area (Å²) >= 11 is 5.01. The van der Waals surface area contributed by atoms with Crippen LogP contribution in [0.1, 0.15) is 17.7 Å². The van der Waals surface area contributed by atoms with Crippen LogP contribution in [0.3, 0.4) is 0 Å². The van der Waals surface area contributed by atoms with Gasteiger partial charge in [-0.05, 0) is 22.0 Å². The van der Waals surface area contributed by atoms with E-state index in [9.17, 15) is 9.59 Å². The molecule has 24 heavy (non-hydrogen) atoms. The highest BCUT2D eigenvalue weighted by atomic mass is 79.9. The van der Waals surface area contributed by atoms with E-state index in [0.717, 1.165) is 23.0 Å². The van der Waals surface area contributed by atoms with Crippen LogP contribution in [-0.4, -0.2) is 46.9 Å². The number of ether oxygens (including phenoxy) is 1. The minimum absolute atomic E-state index is 0.141. The van der Waals surface area contributed by atoms with E-state index >= 15 is 0 Å². The largest absolute Gasteiger partial charge is 0.468 e. The fraction of sp³-hybridized carbons (Fsp3) is 0.412. The summed E-state index contributed by atoms with van der Waals surface area (Å²) in [7, 11) is 1.37. The lowest BCUT2D eigenvalue weighted by molar-refractivity contribution is -0.137. The molecule has 1 aliphatic heterocycles. The van der Waals surface area contributed by atoms with Crippen LogP contribution in [0.15, 0.2) is 22.7 Å². The Hall–Kier alpha value is -1.47. The Morgan fingerprint density at radius 3 is 3.04 bits per heavy atom. The number of amides is 1. The van der Waals surface area contributed by atoms with E-state index in [2.05, 4.69) is 31.7 Å². The number of aromatic nitrogens is 1. The summed E-state index contributed by atoms with van der Waals surface area (Å²) in [6.07, 6.45) is 1.29. The van der Waals surface area contributed by atoms with Gasteiger partial charge in [-0.1, -0.05) is 12.1 Å². The van der Waals surface area contributed by atoms with Crippen LogP contribution < -0.4 is 0 Å². The lowest BCUT2D eigenvalue weighted by Crippen LogP contribution is -2.36. The van der Waals surface area contributed by atoms with Gasteiger partial charge < -0.3 is 14.6 Å². The highest BCUT2D eigenvalue weighted by Crippen LogP contribution is 2.31. The van der Waals surface area contributed by atoms with Crippen LogP contribution in [0, 0.1) is 0 Å². The first-order valence-electron chi connectivity index (χ1n) is 7.80. The number of carbonyl (C=O) groups excluding carboxylic acids is 2. The second-order valence-corrected chi connectivity index (χ2v) is 7.65. The third-order valence-electron chi connectivity index (χ3n) is 4.22. The summed E-state index contributed by atoms with van der Waals surface area (Å²) in [6, 6.07) is 6.13. The Balaban J connectivity index is 1.62. The summed E-state index contributed by atoms with van der Waals surface area (Å²) in [5.41, 5.74) is 3.54. The molecule has 0 unspecified atom stereocenters. The van der Waals surface area contributed by atoms with Crippen molar-refractivity contribution in [3.63, 3.8) is 0 Å². The first kappa shape index (κ1) is 17.4. The first-order valence-corrected chi connectivity index (χ1v) is 9.75. The molecule has 7 heteroatoms. The number of nitrogens with zero attached hydrogens (tertiary/aromatic N) is 1. The van der Waals surface area contributed by atoms with Crippen LogP contribution in [0.2, 0.25) is 0 Å². The van der Waals surface area contributed by atoms with Crippen molar-refractivity contribution >= 4 is 50.5 Å². The van der Waals surface area contributed by atoms with E-state index in [4.69, 9.17) is 0 Å². The van der Waals surface area contributed by atoms with Gasteiger partial charge in [0.15, 0.2) is 0 Å². The van der Waals surface area contributed by atoms with Crippen molar-refractivity contribution in [1.29, 1.82) is 0 Å². The number of H-pyrrole nitrogens is 1. The zero-order valence-electron chi connectivity index (χ0n) is 13.4. The number of halogens is 1. The molecule has 0 bridgehead atoms. The van der Waals surface area contributed by atoms with Crippen molar-refractivity contribution < 1.29 is 14.3 Å². The van der Waals surface area contributed by atoms with Gasteiger partial charge in [-0.15, -0.1) is 11.8 Å². The number of methoxy groups -OCH3 is 1. The molecule has 2 aromatic rings. The second-order valence-electron chi connectivity index (χ2n) is 5.69. The van der Waals surface area contributed by atoms with Gasteiger partial charge in [0.05, 0.1) is 18.4 Å². The predicted octanol–water partition coefficient (Wildman–Crippen LogP) is 3.11. The van der Waals surface area contributed by atoms with Gasteiger partial charge in [-0.2, -0.15) is 0 Å². The fourth-order valence-electron chi connectivity index (χ4n) is 2.95. The number of esters is 1. The zero-order valence-corrected chi connectivity index (χ0v) is 15.8. The number of para-hydroxylation sites is 1. The van der Waals surface area contributed by atoms with Gasteiger partial charge in [-0.3, -0.25) is 9.59 Å². The normalized spacial score (nSPS) is 13.8. The molecule has 0 fully saturated rings. The van der Waals surface area contributed by atoms with Gasteiger partial charge in [-0.25, -0.2) is 0 Å². The van der Waals surface area contributed by atoms with Gasteiger partial charge in [0, 0.05) is 52.8 Å². The lowest BCUT2D eigenvalue weighted by Gasteiger charge is -2.27. The molecule has 128 valence electrons. The lowest BCUT2D eigenvalue weighted by atomic mass is 10.0. The number of nitrogens with one attached hydrogen (secondary N) is 1. The molecule has 1 aromatic heterocycles. The smallest absolute Gasteiger partial charge is 0.315 e. The number of aromatic amines is 1. The minimum Gasteiger partial charge on any atom is -0.468 e. The first-order chi connectivity index (χ1) is 11.6. The number of fused-ring (bicyclic) bond motifs is 3. The molecule has 0 radical (unpaired) electrons. The maximum absolute atomic E-state index is 12.4. The maximum Gasteiger partial charge on any atom is 0.315 e. The fourth-order valence-corrected chi connectivity index (χ4v) is 4.16. The van der Waals surface area contributed by atoms with E-state index in [-0.39, 0.29) is 11.9 Å². The molecule has 3 rings (SSSR count). The average molecular weight is 411 g/mol. The third kappa shape index (κ3) is 3.62. The molecule has 5 nitrogen and oxygen atoms in total. The SMILES string of the molecule is COC(=O)CSCCC(=O)N1CCc2[nH]c3c(Br)cccc3c2C1. The average Bonchev–Trinajstić information content (AvgIpc) is 2.97. The van der Waals surface area contributed by atoms with Gasteiger partial charge in [0.1, 0.15) is 0 Å². The van der Waals surface area contributed by atoms with Crippen molar-refractivity contribution in [3.05, 3.63) is 33.9 Å². The second kappa shape index (κ2) is 7.61. The number of thioether (sulfide) groups is 1. The highest BCUT2D eigenvalue weighted by molar-refractivity contribution is 9.10. The summed E-state index contributed by atoms with van der Waals surface area (Å²) in [4.78, 5) is 28.9. The number of hydrogen-bond acceptors (Lipinski definition) is 4. The predicted molar refractivity (Wildman–Crippen MR) is 99.1 cm³/mol. The minimum atomic E-state index is -0.251. The van der Waals surface area contributed by atoms with E-state index in [1.807, 2.05) is 17.0 Å². The Kier molecular flexibility index (Phi) is 5.50. The number of benzene rings is 1. The Morgan fingerprint density at radius 1 is 1.42 bits per heavy atom. The molecule has 0 atom stereocenters. The van der Waals surface area contributed by atoms with Gasteiger partial charge in [0.25, 0.3) is 0 Å². The number of rotatable bonds is 5. The number of hydrogen-bond donors (Lipinski definition) is 1. The summed E-state index contributed by atoms with van der Waals surface area (Å²) in [6.45, 7) is 1.38. The van der Waals surface area contributed by atoms with Crippen LogP contribution in [0.5, 0.6) is 0 Å². The molecule has 0 spiro atoms. The van der Waals surface area contributed by atoms with Crippen molar-refractivity contribution in [2.75, 3.05) is 25.2 Å². The van der Waals surface area contributed by atoms with Crippen molar-refractivity contribution in [2.45, 2.75) is 19.4 Å². The molecule has 1 aliphatic rings. The monoisotopic (exact) mass is 410 g/mol. The van der Waals surface area contributed by atoms with E-state index < -0.39 is 0 Å². The summed E-state index contributed by atoms with van der Waals surface area (Å²) in [5, 5.41) is 1.18. The van der Waals surface area contributed by atoms with E-state index in [0.29, 0.717) is 24.5 Å². The van der Waals surface area contributed by atoms with Crippen molar-refractivity contribution in [2.24, 2.45) is 0 Å². The molecular formula is C17H19BrN2O3S. The molecule has 0 aliphatic carbocycles. The summed E-state index contributed by atoms with van der Waals surface area (Å²) < 4.78 is 5.64. The van der Waals surface area contributed by atoms with Crippen LogP contribution >= 0.6 is 27.7 Å². The van der Waals surface area contributed by atoms with Crippen molar-refractivity contribution in [1.82, 2.24) is 9.88 Å². The molecule has 1 amide bonds. The Morgan fingerprint density at radius 2 is 2.25 bits per heavy atom. The van der Waals surface area contributed by atoms with Gasteiger partial charge in [0.2, 0.25) is 5.91 Å². The highest BCUT2D eigenvalue weighted by Gasteiger charge is 2.24. The third-order valence-corrected chi connectivity index (χ3v) is 5.81. The maximum atomic E-state index is 12.4. The topological polar surface area (TPSA) is 62.4 Å². The van der Waals surface area contributed by atoms with E-state index in [1.54, 1.807) is 0 Å². The number of carbonyl (C=O) groups is 2. The molecule has 1 N–H and O–H groups in total. The van der Waals surface area contributed by atoms with Crippen LogP contribution in [0.4, 0.5) is 0 Å². The van der Waals surface area contributed by atoms with Gasteiger partial charge >= 0.3 is 5.97 Å². The zero-order chi connectivity index (χ0) is 17.1. The molecule has 1 aromatic carbocycles. The quantitative estimate of drug-likeness (QED) is 0.607. The standard InChI is InChI=1S/C17H19BrN2O3S/c1-23-16(22)10-24-8-6-15(21)20-7-5-14-12(9-20)11-3-2-4-13(18)17(11)19-14/h2-4,19H,5-10H2,1H3. The Bertz CT molecular complexity index is 775. The van der Waals surface area contributed by atoms with Crippen LogP contribution in [0.25, 0.3) is 10.9 Å². The Labute approximate surface area is 153 Å². The molecule has 0 saturated carbocycles. The van der Waals surface area contributed by atoms with E-state index in [1.165, 1.54) is 35.5 Å². The molecule has 0 saturated heterocycles.